The van der Waals surface area contributed by atoms with E-state index in [4.69, 9.17) is 57.3 Å². The smallest absolute Gasteiger partial charge is 0.242 e. The summed E-state index contributed by atoms with van der Waals surface area (Å²) in [6.45, 7) is 4.09. The fourth-order valence-electron chi connectivity index (χ4n) is 6.03. The molecule has 26 heteroatoms. The van der Waals surface area contributed by atoms with Gasteiger partial charge in [-0.25, -0.2) is 0 Å². The van der Waals surface area contributed by atoms with Gasteiger partial charge in [-0.1, -0.05) is 26.7 Å². The lowest BCUT2D eigenvalue weighted by atomic mass is 10.1. The van der Waals surface area contributed by atoms with E-state index in [0.717, 1.165) is 25.7 Å². The monoisotopic (exact) mass is 911 g/mol. The van der Waals surface area contributed by atoms with Crippen LogP contribution in [-0.2, 0) is 28.8 Å². The van der Waals surface area contributed by atoms with Crippen molar-refractivity contribution >= 4 is 59.3 Å². The van der Waals surface area contributed by atoms with Gasteiger partial charge in [-0.15, -0.1) is 0 Å². The highest BCUT2D eigenvalue weighted by molar-refractivity contribution is 5.92. The van der Waals surface area contributed by atoms with Crippen molar-refractivity contribution in [2.24, 2.45) is 83.2 Å². The molecule has 26 nitrogen and oxygen atoms in total. The Balaban J connectivity index is 6.39. The number of hydrogen-bond acceptors (Lipinski definition) is 12. The molecule has 0 bridgehead atoms. The number of unbranched alkanes of at least 4 members (excludes halogenated alkanes) is 3. The second-order valence-corrected chi connectivity index (χ2v) is 15.4. The fourth-order valence-corrected chi connectivity index (χ4v) is 6.03. The van der Waals surface area contributed by atoms with Gasteiger partial charge in [0.15, 0.2) is 23.8 Å². The maximum atomic E-state index is 14.2. The zero-order valence-electron chi connectivity index (χ0n) is 37.9. The molecule has 0 saturated heterocycles. The van der Waals surface area contributed by atoms with E-state index in [1.807, 2.05) is 13.8 Å². The van der Waals surface area contributed by atoms with Crippen molar-refractivity contribution in [3.63, 3.8) is 0 Å². The number of primary amides is 1. The molecule has 64 heavy (non-hydrogen) atoms. The highest BCUT2D eigenvalue weighted by Crippen LogP contribution is 2.08. The summed E-state index contributed by atoms with van der Waals surface area (Å²) in [5.41, 5.74) is 54.7. The fraction of sp³-hybridized carbons (Fsp3) is 0.737. The average Bonchev–Trinajstić information content (AvgIpc) is 3.20. The molecule has 0 aliphatic carbocycles. The minimum absolute atomic E-state index is 0.00403. The Hall–Kier alpha value is -6.18. The van der Waals surface area contributed by atoms with Gasteiger partial charge in [-0.05, 0) is 64.0 Å². The predicted molar refractivity (Wildman–Crippen MR) is 248 cm³/mol. The number of carbonyl (C=O) groups is 6. The topological polar surface area (TPSA) is 449 Å². The van der Waals surface area contributed by atoms with Crippen molar-refractivity contribution < 1.29 is 28.8 Å². The first-order valence-electron chi connectivity index (χ1n) is 21.6. The van der Waals surface area contributed by atoms with Gasteiger partial charge in [0.2, 0.25) is 35.4 Å². The molecule has 0 aliphatic heterocycles. The van der Waals surface area contributed by atoms with Crippen molar-refractivity contribution in [1.29, 1.82) is 0 Å². The third-order valence-electron chi connectivity index (χ3n) is 9.16. The average molecular weight is 911 g/mol. The Morgan fingerprint density at radius 3 is 1.34 bits per heavy atom. The maximum absolute atomic E-state index is 14.2. The summed E-state index contributed by atoms with van der Waals surface area (Å²) in [4.78, 5) is 102. The summed E-state index contributed by atoms with van der Waals surface area (Å²) in [7, 11) is 0. The third-order valence-corrected chi connectivity index (χ3v) is 9.16. The van der Waals surface area contributed by atoms with Crippen molar-refractivity contribution in [1.82, 2.24) is 30.2 Å². The molecule has 0 heterocycles. The van der Waals surface area contributed by atoms with Crippen LogP contribution < -0.4 is 68.0 Å². The molecule has 366 valence electrons. The molecule has 22 N–H and O–H groups in total. The first-order chi connectivity index (χ1) is 30.3. The Kier molecular flexibility index (Phi) is 31.0. The van der Waals surface area contributed by atoms with Gasteiger partial charge in [-0.3, -0.25) is 48.7 Å². The molecule has 0 aliphatic rings. The van der Waals surface area contributed by atoms with Gasteiger partial charge in [0.25, 0.3) is 0 Å². The number of hydrogen-bond donors (Lipinski definition) is 12. The first-order valence-corrected chi connectivity index (χ1v) is 21.6. The van der Waals surface area contributed by atoms with Crippen LogP contribution in [0, 0.1) is 5.92 Å². The molecular weight excluding hydrogens is 833 g/mol. The van der Waals surface area contributed by atoms with Crippen molar-refractivity contribution in [3.8, 4) is 0 Å². The number of rotatable bonds is 36. The number of amides is 6. The van der Waals surface area contributed by atoms with Gasteiger partial charge in [0, 0.05) is 52.4 Å². The molecule has 0 aromatic carbocycles. The van der Waals surface area contributed by atoms with Crippen LogP contribution in [0.1, 0.15) is 71.6 Å². The molecule has 1 atom stereocenters. The van der Waals surface area contributed by atoms with Crippen LogP contribution in [0.2, 0.25) is 0 Å². The molecule has 0 aromatic heterocycles. The van der Waals surface area contributed by atoms with Gasteiger partial charge in [-0.2, -0.15) is 0 Å². The molecule has 0 radical (unpaired) electrons. The van der Waals surface area contributed by atoms with Crippen molar-refractivity contribution in [2.45, 2.75) is 77.7 Å². The molecule has 0 spiro atoms. The molecular formula is C38H78N20O6. The van der Waals surface area contributed by atoms with E-state index in [1.165, 1.54) is 19.6 Å². The second kappa shape index (κ2) is 34.3. The lowest BCUT2D eigenvalue weighted by Crippen LogP contribution is -2.53. The van der Waals surface area contributed by atoms with E-state index in [2.05, 4.69) is 30.6 Å². The predicted octanol–water partition coefficient (Wildman–Crippen LogP) is -5.92. The highest BCUT2D eigenvalue weighted by Gasteiger charge is 2.28. The summed E-state index contributed by atoms with van der Waals surface area (Å²) in [6, 6.07) is -1.08. The van der Waals surface area contributed by atoms with E-state index >= 15 is 0 Å². The first kappa shape index (κ1) is 57.8. The molecule has 0 unspecified atom stereocenters. The van der Waals surface area contributed by atoms with E-state index in [9.17, 15) is 28.8 Å². The minimum atomic E-state index is -1.08. The van der Waals surface area contributed by atoms with E-state index in [1.54, 1.807) is 0 Å². The number of nitrogens with two attached hydrogens (primary N) is 10. The van der Waals surface area contributed by atoms with Crippen LogP contribution in [0.5, 0.6) is 0 Å². The van der Waals surface area contributed by atoms with Crippen LogP contribution in [0.4, 0.5) is 0 Å². The number of aliphatic imine (C=N–C) groups is 4. The van der Waals surface area contributed by atoms with E-state index < -0.39 is 55.2 Å². The van der Waals surface area contributed by atoms with Gasteiger partial charge in [0.1, 0.15) is 6.04 Å². The minimum Gasteiger partial charge on any atom is -0.370 e. The summed E-state index contributed by atoms with van der Waals surface area (Å²) in [6.07, 6.45) is 5.03. The molecule has 0 fully saturated rings. The Morgan fingerprint density at radius 2 is 0.906 bits per heavy atom. The SMILES string of the molecule is CC(C)CN(CC(=O)N(CCCN=C(N)N)CC(=O)N[C@H](CCCN=C(N)N)C(N)=O)C(=O)CN(CCCN=C(N)N)C(=O)CN(CCCN=C(N)N)C(=O)CNCCCCCCN. The van der Waals surface area contributed by atoms with Gasteiger partial charge >= 0.3 is 0 Å². The van der Waals surface area contributed by atoms with Crippen LogP contribution in [-0.4, -0.2) is 183 Å². The van der Waals surface area contributed by atoms with Crippen LogP contribution >= 0.6 is 0 Å². The third kappa shape index (κ3) is 30.0. The van der Waals surface area contributed by atoms with Gasteiger partial charge in [0.05, 0.1) is 32.7 Å². The summed E-state index contributed by atoms with van der Waals surface area (Å²) in [5.74, 6) is -4.20. The Labute approximate surface area is 376 Å². The lowest BCUT2D eigenvalue weighted by molar-refractivity contribution is -0.146. The molecule has 0 aromatic rings. The number of carbonyl (C=O) groups excluding carboxylic acids is 6. The van der Waals surface area contributed by atoms with Crippen molar-refractivity contribution in [3.05, 3.63) is 0 Å². The summed E-state index contributed by atoms with van der Waals surface area (Å²) >= 11 is 0. The standard InChI is InChI=1S/C38H78N20O6/c1-27(2)22-58(26-32(62)55(18-8-15-51-36(43)44)23-29(59)54-28(34(40)64)11-7-14-50-35(41)42)33(63)25-57(20-10-17-53-38(47)48)31(61)24-56(19-9-16-52-37(45)46)30(60)21-49-13-6-4-3-5-12-39/h27-28,49H,3-26,39H2,1-2H3,(H2,40,64)(H,54,59)(H4,41,42,50)(H4,43,44,51)(H4,45,46,52)(H4,47,48,53)/t28-/m1/s1. The van der Waals surface area contributed by atoms with Crippen LogP contribution in [0.3, 0.4) is 0 Å². The maximum Gasteiger partial charge on any atom is 0.242 e. The number of guanidine groups is 4. The molecule has 0 rings (SSSR count). The van der Waals surface area contributed by atoms with Crippen LogP contribution in [0.15, 0.2) is 20.0 Å². The zero-order valence-corrected chi connectivity index (χ0v) is 37.9. The zero-order chi connectivity index (χ0) is 48.5. The van der Waals surface area contributed by atoms with E-state index in [-0.39, 0.29) is 120 Å². The highest BCUT2D eigenvalue weighted by atomic mass is 16.2. The van der Waals surface area contributed by atoms with Gasteiger partial charge < -0.3 is 87.6 Å². The normalized spacial score (nSPS) is 11.1. The second-order valence-electron chi connectivity index (χ2n) is 15.4. The Morgan fingerprint density at radius 1 is 0.500 bits per heavy atom. The quantitative estimate of drug-likeness (QED) is 0.0158. The summed E-state index contributed by atoms with van der Waals surface area (Å²) in [5, 5.41) is 5.69. The molecule has 0 saturated carbocycles. The van der Waals surface area contributed by atoms with Crippen LogP contribution in [0.25, 0.3) is 0 Å². The number of nitrogens with zero attached hydrogens (tertiary/aromatic N) is 8. The molecule has 6 amide bonds. The summed E-state index contributed by atoms with van der Waals surface area (Å²) < 4.78 is 0. The lowest BCUT2D eigenvalue weighted by Gasteiger charge is -2.32. The largest absolute Gasteiger partial charge is 0.370 e. The van der Waals surface area contributed by atoms with Crippen molar-refractivity contribution in [2.75, 3.05) is 98.2 Å². The number of nitrogens with one attached hydrogen (secondary N) is 2. The Bertz CT molecular complexity index is 1540. The van der Waals surface area contributed by atoms with E-state index in [0.29, 0.717) is 25.9 Å².